The van der Waals surface area contributed by atoms with Crippen LogP contribution in [-0.2, 0) is 4.74 Å². The van der Waals surface area contributed by atoms with Gasteiger partial charge in [0.2, 0.25) is 0 Å². The first-order valence-electron chi connectivity index (χ1n) is 5.68. The first kappa shape index (κ1) is 11.0. The molecule has 0 bridgehead atoms. The van der Waals surface area contributed by atoms with Crippen molar-refractivity contribution >= 4 is 0 Å². The highest BCUT2D eigenvalue weighted by Crippen LogP contribution is 2.25. The second kappa shape index (κ2) is 6.39. The van der Waals surface area contributed by atoms with Gasteiger partial charge in [0.05, 0.1) is 0 Å². The van der Waals surface area contributed by atoms with Crippen molar-refractivity contribution in [3.8, 4) is 0 Å². The summed E-state index contributed by atoms with van der Waals surface area (Å²) in [7, 11) is 0. The summed E-state index contributed by atoms with van der Waals surface area (Å²) in [6.45, 7) is 3.96. The zero-order chi connectivity index (χ0) is 9.52. The van der Waals surface area contributed by atoms with E-state index in [9.17, 15) is 0 Å². The van der Waals surface area contributed by atoms with Gasteiger partial charge in [-0.2, -0.15) is 0 Å². The maximum Gasteiger partial charge on any atom is 0.0469 e. The van der Waals surface area contributed by atoms with E-state index in [0.29, 0.717) is 6.04 Å². The molecule has 0 radical (unpaired) electrons. The SMILES string of the molecule is CCCOCCC1CCCCC1N. The molecule has 0 aromatic rings. The minimum atomic E-state index is 0.443. The van der Waals surface area contributed by atoms with Crippen LogP contribution in [0.2, 0.25) is 0 Å². The van der Waals surface area contributed by atoms with Crippen molar-refractivity contribution in [2.24, 2.45) is 11.7 Å². The van der Waals surface area contributed by atoms with E-state index in [1.165, 1.54) is 32.1 Å². The Balaban J connectivity index is 2.05. The average Bonchev–Trinajstić information content (AvgIpc) is 2.15. The minimum absolute atomic E-state index is 0.443. The molecule has 0 spiro atoms. The number of nitrogens with two attached hydrogens (primary N) is 1. The van der Waals surface area contributed by atoms with Crippen molar-refractivity contribution in [1.29, 1.82) is 0 Å². The Morgan fingerprint density at radius 2 is 2.00 bits per heavy atom. The van der Waals surface area contributed by atoms with Gasteiger partial charge in [-0.3, -0.25) is 0 Å². The van der Waals surface area contributed by atoms with Crippen molar-refractivity contribution in [2.75, 3.05) is 13.2 Å². The molecule has 1 saturated carbocycles. The van der Waals surface area contributed by atoms with E-state index in [4.69, 9.17) is 10.5 Å². The van der Waals surface area contributed by atoms with Crippen molar-refractivity contribution in [3.05, 3.63) is 0 Å². The zero-order valence-electron chi connectivity index (χ0n) is 8.80. The van der Waals surface area contributed by atoms with Crippen molar-refractivity contribution < 1.29 is 4.74 Å². The van der Waals surface area contributed by atoms with Crippen LogP contribution in [0.15, 0.2) is 0 Å². The highest BCUT2D eigenvalue weighted by atomic mass is 16.5. The van der Waals surface area contributed by atoms with Gasteiger partial charge >= 0.3 is 0 Å². The van der Waals surface area contributed by atoms with Crippen LogP contribution in [0.1, 0.15) is 45.4 Å². The zero-order valence-corrected chi connectivity index (χ0v) is 8.80. The van der Waals surface area contributed by atoms with Crippen molar-refractivity contribution in [3.63, 3.8) is 0 Å². The molecule has 1 aliphatic carbocycles. The molecule has 78 valence electrons. The Labute approximate surface area is 81.8 Å². The molecular formula is C11H23NO. The molecule has 1 aliphatic rings. The van der Waals surface area contributed by atoms with E-state index in [-0.39, 0.29) is 0 Å². The standard InChI is InChI=1S/C11H23NO/c1-2-8-13-9-7-10-5-3-4-6-11(10)12/h10-11H,2-9,12H2,1H3. The number of hydrogen-bond donors (Lipinski definition) is 1. The van der Waals surface area contributed by atoms with Crippen LogP contribution in [-0.4, -0.2) is 19.3 Å². The first-order chi connectivity index (χ1) is 6.34. The van der Waals surface area contributed by atoms with E-state index >= 15 is 0 Å². The third-order valence-electron chi connectivity index (χ3n) is 2.95. The monoisotopic (exact) mass is 185 g/mol. The van der Waals surface area contributed by atoms with Gasteiger partial charge in [0.25, 0.3) is 0 Å². The van der Waals surface area contributed by atoms with Crippen LogP contribution in [0.4, 0.5) is 0 Å². The lowest BCUT2D eigenvalue weighted by molar-refractivity contribution is 0.110. The third-order valence-corrected chi connectivity index (χ3v) is 2.95. The largest absolute Gasteiger partial charge is 0.381 e. The molecule has 1 fully saturated rings. The Bertz CT molecular complexity index is 127. The maximum atomic E-state index is 6.04. The van der Waals surface area contributed by atoms with Crippen LogP contribution in [0.5, 0.6) is 0 Å². The summed E-state index contributed by atoms with van der Waals surface area (Å²) in [5, 5.41) is 0. The lowest BCUT2D eigenvalue weighted by atomic mass is 9.83. The first-order valence-corrected chi connectivity index (χ1v) is 5.68. The average molecular weight is 185 g/mol. The summed E-state index contributed by atoms with van der Waals surface area (Å²) in [5.74, 6) is 0.727. The Morgan fingerprint density at radius 1 is 1.23 bits per heavy atom. The predicted octanol–water partition coefficient (Wildman–Crippen LogP) is 2.32. The lowest BCUT2D eigenvalue weighted by Crippen LogP contribution is -2.33. The minimum Gasteiger partial charge on any atom is -0.381 e. The van der Waals surface area contributed by atoms with E-state index in [0.717, 1.165) is 25.6 Å². The molecule has 0 heterocycles. The van der Waals surface area contributed by atoms with Gasteiger partial charge in [0.1, 0.15) is 0 Å². The van der Waals surface area contributed by atoms with E-state index in [2.05, 4.69) is 6.92 Å². The molecule has 0 saturated heterocycles. The molecule has 0 aromatic heterocycles. The summed E-state index contributed by atoms with van der Waals surface area (Å²) in [5.41, 5.74) is 6.04. The topological polar surface area (TPSA) is 35.2 Å². The fourth-order valence-corrected chi connectivity index (χ4v) is 2.08. The molecule has 0 amide bonds. The van der Waals surface area contributed by atoms with Crippen LogP contribution >= 0.6 is 0 Å². The smallest absolute Gasteiger partial charge is 0.0469 e. The quantitative estimate of drug-likeness (QED) is 0.667. The molecule has 0 aliphatic heterocycles. The summed E-state index contributed by atoms with van der Waals surface area (Å²) < 4.78 is 5.48. The molecule has 2 atom stereocenters. The fourth-order valence-electron chi connectivity index (χ4n) is 2.08. The summed E-state index contributed by atoms with van der Waals surface area (Å²) in [6.07, 6.45) is 7.52. The number of ether oxygens (including phenoxy) is 1. The van der Waals surface area contributed by atoms with Gasteiger partial charge in [-0.05, 0) is 31.6 Å². The highest BCUT2D eigenvalue weighted by molar-refractivity contribution is 4.77. The molecule has 2 heteroatoms. The van der Waals surface area contributed by atoms with Gasteiger partial charge in [-0.1, -0.05) is 19.8 Å². The molecule has 2 nitrogen and oxygen atoms in total. The van der Waals surface area contributed by atoms with Crippen LogP contribution < -0.4 is 5.73 Å². The second-order valence-electron chi connectivity index (χ2n) is 4.11. The van der Waals surface area contributed by atoms with Crippen LogP contribution in [0.25, 0.3) is 0 Å². The number of rotatable bonds is 5. The molecule has 2 unspecified atom stereocenters. The van der Waals surface area contributed by atoms with E-state index in [1.54, 1.807) is 0 Å². The molecule has 13 heavy (non-hydrogen) atoms. The molecule has 2 N–H and O–H groups in total. The van der Waals surface area contributed by atoms with Gasteiger partial charge in [-0.25, -0.2) is 0 Å². The number of hydrogen-bond acceptors (Lipinski definition) is 2. The summed E-state index contributed by atoms with van der Waals surface area (Å²) >= 11 is 0. The fraction of sp³-hybridized carbons (Fsp3) is 1.00. The molecule has 1 rings (SSSR count). The molecule has 0 aromatic carbocycles. The van der Waals surface area contributed by atoms with Gasteiger partial charge < -0.3 is 10.5 Å². The Hall–Kier alpha value is -0.0800. The highest BCUT2D eigenvalue weighted by Gasteiger charge is 2.20. The summed E-state index contributed by atoms with van der Waals surface area (Å²) in [4.78, 5) is 0. The molecular weight excluding hydrogens is 162 g/mol. The predicted molar refractivity (Wildman–Crippen MR) is 55.7 cm³/mol. The van der Waals surface area contributed by atoms with Crippen molar-refractivity contribution in [2.45, 2.75) is 51.5 Å². The van der Waals surface area contributed by atoms with E-state index < -0.39 is 0 Å². The second-order valence-corrected chi connectivity index (χ2v) is 4.11. The van der Waals surface area contributed by atoms with Gasteiger partial charge in [0, 0.05) is 19.3 Å². The Morgan fingerprint density at radius 3 is 2.69 bits per heavy atom. The third kappa shape index (κ3) is 4.10. The lowest BCUT2D eigenvalue weighted by Gasteiger charge is -2.28. The van der Waals surface area contributed by atoms with Gasteiger partial charge in [-0.15, -0.1) is 0 Å². The van der Waals surface area contributed by atoms with Crippen molar-refractivity contribution in [1.82, 2.24) is 0 Å². The van der Waals surface area contributed by atoms with Crippen LogP contribution in [0, 0.1) is 5.92 Å². The summed E-state index contributed by atoms with van der Waals surface area (Å²) in [6, 6.07) is 0.443. The van der Waals surface area contributed by atoms with E-state index in [1.807, 2.05) is 0 Å². The Kier molecular flexibility index (Phi) is 5.40. The van der Waals surface area contributed by atoms with Gasteiger partial charge in [0.15, 0.2) is 0 Å². The normalized spacial score (nSPS) is 29.1. The maximum absolute atomic E-state index is 6.04. The van der Waals surface area contributed by atoms with Crippen LogP contribution in [0.3, 0.4) is 0 Å².